The van der Waals surface area contributed by atoms with Crippen molar-refractivity contribution < 1.29 is 9.47 Å². The molecule has 2 rings (SSSR count). The van der Waals surface area contributed by atoms with Gasteiger partial charge in [-0.25, -0.2) is 0 Å². The lowest BCUT2D eigenvalue weighted by Crippen LogP contribution is -2.38. The molecule has 1 unspecified atom stereocenters. The second-order valence-electron chi connectivity index (χ2n) is 6.54. The normalized spacial score (nSPS) is 12.2. The van der Waals surface area contributed by atoms with Crippen LogP contribution < -0.4 is 20.9 Å². The van der Waals surface area contributed by atoms with Crippen molar-refractivity contribution in [1.29, 1.82) is 0 Å². The van der Waals surface area contributed by atoms with Crippen molar-refractivity contribution in [3.8, 4) is 17.2 Å². The van der Waals surface area contributed by atoms with Gasteiger partial charge >= 0.3 is 0 Å². The molecule has 1 atom stereocenters. The summed E-state index contributed by atoms with van der Waals surface area (Å²) in [5.41, 5.74) is 12.7. The summed E-state index contributed by atoms with van der Waals surface area (Å²) in [6.07, 6.45) is 2.28. The number of para-hydroxylation sites is 2. The molecule has 5 heteroatoms. The van der Waals surface area contributed by atoms with Gasteiger partial charge in [-0.15, -0.1) is 0 Å². The number of benzene rings is 2. The third-order valence-corrected chi connectivity index (χ3v) is 4.26. The molecule has 0 aromatic heterocycles. The lowest BCUT2D eigenvalue weighted by Gasteiger charge is -2.28. The highest BCUT2D eigenvalue weighted by Crippen LogP contribution is 2.33. The van der Waals surface area contributed by atoms with Gasteiger partial charge in [0.05, 0.1) is 11.4 Å². The van der Waals surface area contributed by atoms with Crippen LogP contribution in [0.15, 0.2) is 42.5 Å². The maximum Gasteiger partial charge on any atom is 0.169 e. The minimum Gasteiger partial charge on any atom is -0.488 e. The van der Waals surface area contributed by atoms with Crippen molar-refractivity contribution in [3.63, 3.8) is 0 Å². The predicted molar refractivity (Wildman–Crippen MR) is 109 cm³/mol. The number of rotatable bonds is 10. The van der Waals surface area contributed by atoms with Crippen LogP contribution in [0.25, 0.3) is 0 Å². The molecule has 0 aliphatic carbocycles. The zero-order valence-corrected chi connectivity index (χ0v) is 16.1. The maximum atomic E-state index is 6.08. The smallest absolute Gasteiger partial charge is 0.169 e. The molecular weight excluding hydrogens is 326 g/mol. The number of nitrogens with zero attached hydrogens (tertiary/aromatic N) is 1. The standard InChI is InChI=1S/C21H31N3O2/c1-4-12-24(13-5-2)16(3)15-25-20-8-6-7-9-21(20)26-17-10-11-18(22)19(23)14-17/h6-11,14,16H,4-5,12-13,15,22-23H2,1-3H3. The second kappa shape index (κ2) is 9.92. The molecule has 5 nitrogen and oxygen atoms in total. The Morgan fingerprint density at radius 3 is 2.19 bits per heavy atom. The third kappa shape index (κ3) is 5.56. The molecule has 26 heavy (non-hydrogen) atoms. The van der Waals surface area contributed by atoms with Gasteiger partial charge in [0.2, 0.25) is 0 Å². The van der Waals surface area contributed by atoms with Crippen LogP contribution in [0, 0.1) is 0 Å². The Hall–Kier alpha value is -2.40. The largest absolute Gasteiger partial charge is 0.488 e. The number of ether oxygens (including phenoxy) is 2. The molecule has 0 saturated heterocycles. The van der Waals surface area contributed by atoms with Crippen LogP contribution in [0.1, 0.15) is 33.6 Å². The third-order valence-electron chi connectivity index (χ3n) is 4.26. The van der Waals surface area contributed by atoms with Crippen molar-refractivity contribution in [3.05, 3.63) is 42.5 Å². The van der Waals surface area contributed by atoms with E-state index < -0.39 is 0 Å². The van der Waals surface area contributed by atoms with Gasteiger partial charge in [0.25, 0.3) is 0 Å². The van der Waals surface area contributed by atoms with Gasteiger partial charge < -0.3 is 20.9 Å². The van der Waals surface area contributed by atoms with E-state index in [0.717, 1.165) is 31.7 Å². The zero-order valence-electron chi connectivity index (χ0n) is 16.1. The number of nitrogens with two attached hydrogens (primary N) is 2. The Kier molecular flexibility index (Phi) is 7.60. The highest BCUT2D eigenvalue weighted by molar-refractivity contribution is 5.65. The molecule has 0 bridgehead atoms. The van der Waals surface area contributed by atoms with Crippen molar-refractivity contribution >= 4 is 11.4 Å². The Balaban J connectivity index is 2.05. The summed E-state index contributed by atoms with van der Waals surface area (Å²) in [4.78, 5) is 2.46. The molecule has 4 N–H and O–H groups in total. The molecular formula is C21H31N3O2. The van der Waals surface area contributed by atoms with Crippen LogP contribution in [0.2, 0.25) is 0 Å². The number of hydrogen-bond donors (Lipinski definition) is 2. The van der Waals surface area contributed by atoms with Crippen LogP contribution in [-0.4, -0.2) is 30.6 Å². The summed E-state index contributed by atoms with van der Waals surface area (Å²) in [5.74, 6) is 2.03. The Labute approximate surface area is 156 Å². The van der Waals surface area contributed by atoms with E-state index in [1.807, 2.05) is 24.3 Å². The number of anilines is 2. The van der Waals surface area contributed by atoms with E-state index in [4.69, 9.17) is 20.9 Å². The minimum atomic E-state index is 0.343. The first-order chi connectivity index (χ1) is 12.5. The molecule has 0 radical (unpaired) electrons. The number of hydrogen-bond acceptors (Lipinski definition) is 5. The fraction of sp³-hybridized carbons (Fsp3) is 0.429. The zero-order chi connectivity index (χ0) is 18.9. The summed E-state index contributed by atoms with van der Waals surface area (Å²) < 4.78 is 12.0. The molecule has 0 aliphatic rings. The molecule has 0 spiro atoms. The van der Waals surface area contributed by atoms with Gasteiger partial charge in [-0.2, -0.15) is 0 Å². The summed E-state index contributed by atoms with van der Waals surface area (Å²) in [7, 11) is 0. The van der Waals surface area contributed by atoms with Crippen molar-refractivity contribution in [2.75, 3.05) is 31.2 Å². The van der Waals surface area contributed by atoms with E-state index in [9.17, 15) is 0 Å². The second-order valence-corrected chi connectivity index (χ2v) is 6.54. The Morgan fingerprint density at radius 2 is 1.58 bits per heavy atom. The first-order valence-electron chi connectivity index (χ1n) is 9.33. The average Bonchev–Trinajstić information content (AvgIpc) is 2.63. The summed E-state index contributed by atoms with van der Waals surface area (Å²) in [6, 6.07) is 13.3. The molecule has 2 aromatic carbocycles. The average molecular weight is 357 g/mol. The maximum absolute atomic E-state index is 6.08. The summed E-state index contributed by atoms with van der Waals surface area (Å²) in [6.45, 7) is 9.40. The van der Waals surface area contributed by atoms with Crippen molar-refractivity contribution in [2.45, 2.75) is 39.7 Å². The fourth-order valence-electron chi connectivity index (χ4n) is 2.84. The topological polar surface area (TPSA) is 73.7 Å². The van der Waals surface area contributed by atoms with Crippen molar-refractivity contribution in [1.82, 2.24) is 4.90 Å². The van der Waals surface area contributed by atoms with E-state index in [1.54, 1.807) is 18.2 Å². The Morgan fingerprint density at radius 1 is 0.923 bits per heavy atom. The van der Waals surface area contributed by atoms with E-state index in [1.165, 1.54) is 0 Å². The van der Waals surface area contributed by atoms with Gasteiger partial charge in [0.1, 0.15) is 12.4 Å². The van der Waals surface area contributed by atoms with Gasteiger partial charge in [-0.1, -0.05) is 26.0 Å². The van der Waals surface area contributed by atoms with Gasteiger partial charge in [0.15, 0.2) is 11.5 Å². The monoisotopic (exact) mass is 357 g/mol. The summed E-state index contributed by atoms with van der Waals surface area (Å²) >= 11 is 0. The molecule has 0 fully saturated rings. The van der Waals surface area contributed by atoms with Crippen molar-refractivity contribution in [2.24, 2.45) is 0 Å². The highest BCUT2D eigenvalue weighted by atomic mass is 16.5. The quantitative estimate of drug-likeness (QED) is 0.611. The summed E-state index contributed by atoms with van der Waals surface area (Å²) in [5, 5.41) is 0. The molecule has 2 aromatic rings. The predicted octanol–water partition coefficient (Wildman–Crippen LogP) is 4.53. The first-order valence-corrected chi connectivity index (χ1v) is 9.33. The molecule has 0 saturated carbocycles. The molecule has 0 heterocycles. The van der Waals surface area contributed by atoms with Gasteiger partial charge in [-0.3, -0.25) is 4.90 Å². The molecule has 142 valence electrons. The lowest BCUT2D eigenvalue weighted by atomic mass is 10.2. The first kappa shape index (κ1) is 19.9. The molecule has 0 amide bonds. The molecule has 0 aliphatic heterocycles. The van der Waals surface area contributed by atoms with E-state index in [2.05, 4.69) is 25.7 Å². The fourth-order valence-corrected chi connectivity index (χ4v) is 2.84. The van der Waals surface area contributed by atoms with E-state index in [-0.39, 0.29) is 0 Å². The van der Waals surface area contributed by atoms with Crippen LogP contribution in [-0.2, 0) is 0 Å². The van der Waals surface area contributed by atoms with Crippen LogP contribution in [0.5, 0.6) is 17.2 Å². The minimum absolute atomic E-state index is 0.343. The van der Waals surface area contributed by atoms with E-state index >= 15 is 0 Å². The van der Waals surface area contributed by atoms with Crippen LogP contribution in [0.4, 0.5) is 11.4 Å². The van der Waals surface area contributed by atoms with E-state index in [0.29, 0.717) is 35.5 Å². The van der Waals surface area contributed by atoms with Gasteiger partial charge in [0, 0.05) is 12.1 Å². The van der Waals surface area contributed by atoms with Gasteiger partial charge in [-0.05, 0) is 57.1 Å². The number of nitrogen functional groups attached to an aromatic ring is 2. The van der Waals surface area contributed by atoms with Crippen LogP contribution >= 0.6 is 0 Å². The SMILES string of the molecule is CCCN(CCC)C(C)COc1ccccc1Oc1ccc(N)c(N)c1. The Bertz CT molecular complexity index is 685. The highest BCUT2D eigenvalue weighted by Gasteiger charge is 2.14. The lowest BCUT2D eigenvalue weighted by molar-refractivity contribution is 0.144. The van der Waals surface area contributed by atoms with Crippen LogP contribution in [0.3, 0.4) is 0 Å².